The topological polar surface area (TPSA) is 28.2 Å². The molecule has 0 amide bonds. The van der Waals surface area contributed by atoms with Crippen LogP contribution in [-0.2, 0) is 6.54 Å². The minimum atomic E-state index is 0.252. The highest BCUT2D eigenvalue weighted by Gasteiger charge is 2.18. The first kappa shape index (κ1) is 16.4. The van der Waals surface area contributed by atoms with Crippen LogP contribution in [0.3, 0.4) is 0 Å². The van der Waals surface area contributed by atoms with E-state index in [2.05, 4.69) is 77.3 Å². The number of pyridine rings is 1. The number of fused-ring (bicyclic) bond motifs is 1. The molecule has 1 aromatic carbocycles. The monoisotopic (exact) mass is 349 g/mol. The van der Waals surface area contributed by atoms with Gasteiger partial charge in [-0.3, -0.25) is 4.98 Å². The lowest BCUT2D eigenvalue weighted by molar-refractivity contribution is 0.232. The molecule has 0 radical (unpaired) electrons. The van der Waals surface area contributed by atoms with Crippen LogP contribution in [0.5, 0.6) is 0 Å². The van der Waals surface area contributed by atoms with Crippen LogP contribution in [0.15, 0.2) is 34.9 Å². The highest BCUT2D eigenvalue weighted by Crippen LogP contribution is 2.25. The first-order chi connectivity index (χ1) is 9.89. The number of hydrogen-bond donors (Lipinski definition) is 1. The van der Waals surface area contributed by atoms with E-state index in [9.17, 15) is 0 Å². The molecule has 0 saturated carbocycles. The Labute approximate surface area is 135 Å². The largest absolute Gasteiger partial charge is 0.312 e. The van der Waals surface area contributed by atoms with E-state index in [1.54, 1.807) is 0 Å². The van der Waals surface area contributed by atoms with Crippen molar-refractivity contribution < 1.29 is 0 Å². The SMILES string of the molecule is CN(C)CC(C)(C)CNCc1ccc(Br)c2cccnc12. The van der Waals surface area contributed by atoms with Crippen molar-refractivity contribution in [2.45, 2.75) is 20.4 Å². The summed E-state index contributed by atoms with van der Waals surface area (Å²) in [5, 5.41) is 4.75. The molecule has 114 valence electrons. The molecule has 0 bridgehead atoms. The van der Waals surface area contributed by atoms with Crippen LogP contribution in [-0.4, -0.2) is 37.1 Å². The zero-order chi connectivity index (χ0) is 15.5. The van der Waals surface area contributed by atoms with Gasteiger partial charge >= 0.3 is 0 Å². The number of hydrogen-bond acceptors (Lipinski definition) is 3. The van der Waals surface area contributed by atoms with E-state index >= 15 is 0 Å². The fourth-order valence-corrected chi connectivity index (χ4v) is 3.24. The molecule has 1 N–H and O–H groups in total. The molecule has 21 heavy (non-hydrogen) atoms. The minimum absolute atomic E-state index is 0.252. The molecule has 0 aliphatic heterocycles. The fourth-order valence-electron chi connectivity index (χ4n) is 2.79. The Bertz CT molecular complexity index is 608. The van der Waals surface area contributed by atoms with Gasteiger partial charge < -0.3 is 10.2 Å². The Morgan fingerprint density at radius 3 is 2.71 bits per heavy atom. The van der Waals surface area contributed by atoms with Gasteiger partial charge in [-0.25, -0.2) is 0 Å². The molecule has 0 aliphatic rings. The quantitative estimate of drug-likeness (QED) is 0.862. The number of rotatable bonds is 6. The summed E-state index contributed by atoms with van der Waals surface area (Å²) in [7, 11) is 4.24. The second-order valence-corrected chi connectivity index (χ2v) is 7.47. The highest BCUT2D eigenvalue weighted by molar-refractivity contribution is 9.10. The summed E-state index contributed by atoms with van der Waals surface area (Å²) in [6.45, 7) is 7.47. The molecular formula is C17H24BrN3. The third kappa shape index (κ3) is 4.50. The fraction of sp³-hybridized carbons (Fsp3) is 0.471. The van der Waals surface area contributed by atoms with Gasteiger partial charge in [0, 0.05) is 35.7 Å². The summed E-state index contributed by atoms with van der Waals surface area (Å²) in [6, 6.07) is 8.33. The van der Waals surface area contributed by atoms with Gasteiger partial charge in [0.05, 0.1) is 5.52 Å². The van der Waals surface area contributed by atoms with E-state index in [0.717, 1.165) is 29.6 Å². The molecule has 2 rings (SSSR count). The molecule has 4 heteroatoms. The molecule has 1 heterocycles. The van der Waals surface area contributed by atoms with Crippen LogP contribution in [0.4, 0.5) is 0 Å². The summed E-state index contributed by atoms with van der Waals surface area (Å²) < 4.78 is 1.10. The third-order valence-electron chi connectivity index (χ3n) is 3.46. The van der Waals surface area contributed by atoms with Crippen molar-refractivity contribution in [1.29, 1.82) is 0 Å². The lowest BCUT2D eigenvalue weighted by Crippen LogP contribution is -2.37. The maximum atomic E-state index is 4.53. The summed E-state index contributed by atoms with van der Waals surface area (Å²) in [4.78, 5) is 6.76. The molecule has 0 unspecified atom stereocenters. The number of benzene rings is 1. The van der Waals surface area contributed by atoms with Crippen LogP contribution in [0.1, 0.15) is 19.4 Å². The Kier molecular flexibility index (Phi) is 5.36. The van der Waals surface area contributed by atoms with Gasteiger partial charge in [0.1, 0.15) is 0 Å². The molecule has 3 nitrogen and oxygen atoms in total. The Balaban J connectivity index is 2.06. The Morgan fingerprint density at radius 2 is 2.00 bits per heavy atom. The molecular weight excluding hydrogens is 326 g/mol. The van der Waals surface area contributed by atoms with Crippen molar-refractivity contribution in [3.05, 3.63) is 40.5 Å². The predicted molar refractivity (Wildman–Crippen MR) is 93.5 cm³/mol. The van der Waals surface area contributed by atoms with Gasteiger partial charge in [-0.15, -0.1) is 0 Å². The van der Waals surface area contributed by atoms with E-state index in [0.29, 0.717) is 0 Å². The van der Waals surface area contributed by atoms with E-state index in [1.165, 1.54) is 10.9 Å². The zero-order valence-corrected chi connectivity index (χ0v) is 14.9. The van der Waals surface area contributed by atoms with E-state index in [1.807, 2.05) is 12.3 Å². The van der Waals surface area contributed by atoms with Gasteiger partial charge in [-0.1, -0.05) is 41.9 Å². The number of aromatic nitrogens is 1. The predicted octanol–water partition coefficient (Wildman–Crippen LogP) is 3.67. The molecule has 0 aliphatic carbocycles. The molecule has 0 saturated heterocycles. The number of nitrogens with zero attached hydrogens (tertiary/aromatic N) is 2. The smallest absolute Gasteiger partial charge is 0.0758 e. The van der Waals surface area contributed by atoms with Gasteiger partial charge in [-0.05, 0) is 37.2 Å². The van der Waals surface area contributed by atoms with Crippen molar-refractivity contribution in [2.75, 3.05) is 27.2 Å². The first-order valence-electron chi connectivity index (χ1n) is 7.27. The van der Waals surface area contributed by atoms with Crippen LogP contribution >= 0.6 is 15.9 Å². The second kappa shape index (κ2) is 6.86. The maximum Gasteiger partial charge on any atom is 0.0758 e. The first-order valence-corrected chi connectivity index (χ1v) is 8.06. The Morgan fingerprint density at radius 1 is 1.24 bits per heavy atom. The average Bonchev–Trinajstić information content (AvgIpc) is 2.40. The van der Waals surface area contributed by atoms with Gasteiger partial charge in [0.25, 0.3) is 0 Å². The number of nitrogens with one attached hydrogen (secondary N) is 1. The molecule has 0 spiro atoms. The van der Waals surface area contributed by atoms with Crippen molar-refractivity contribution in [3.8, 4) is 0 Å². The number of halogens is 1. The summed E-state index contributed by atoms with van der Waals surface area (Å²) in [5.41, 5.74) is 2.57. The van der Waals surface area contributed by atoms with Crippen LogP contribution < -0.4 is 5.32 Å². The van der Waals surface area contributed by atoms with E-state index < -0.39 is 0 Å². The normalized spacial score (nSPS) is 12.3. The average molecular weight is 350 g/mol. The zero-order valence-electron chi connectivity index (χ0n) is 13.3. The maximum absolute atomic E-state index is 4.53. The molecule has 1 aromatic heterocycles. The van der Waals surface area contributed by atoms with Crippen molar-refractivity contribution in [3.63, 3.8) is 0 Å². The minimum Gasteiger partial charge on any atom is -0.312 e. The van der Waals surface area contributed by atoms with Crippen molar-refractivity contribution in [1.82, 2.24) is 15.2 Å². The standard InChI is InChI=1S/C17H24BrN3/c1-17(2,12-21(3)4)11-19-10-13-7-8-15(18)14-6-5-9-20-16(13)14/h5-9,19H,10-12H2,1-4H3. The molecule has 0 atom stereocenters. The summed E-state index contributed by atoms with van der Waals surface area (Å²) in [6.07, 6.45) is 1.86. The van der Waals surface area contributed by atoms with Gasteiger partial charge in [0.2, 0.25) is 0 Å². The summed E-state index contributed by atoms with van der Waals surface area (Å²) >= 11 is 3.59. The highest BCUT2D eigenvalue weighted by atomic mass is 79.9. The lowest BCUT2D eigenvalue weighted by Gasteiger charge is -2.28. The van der Waals surface area contributed by atoms with E-state index in [4.69, 9.17) is 0 Å². The third-order valence-corrected chi connectivity index (χ3v) is 4.15. The van der Waals surface area contributed by atoms with Gasteiger partial charge in [-0.2, -0.15) is 0 Å². The Hall–Kier alpha value is -0.970. The molecule has 0 fully saturated rings. The van der Waals surface area contributed by atoms with Crippen molar-refractivity contribution >= 4 is 26.8 Å². The lowest BCUT2D eigenvalue weighted by atomic mass is 9.93. The van der Waals surface area contributed by atoms with Crippen LogP contribution in [0.25, 0.3) is 10.9 Å². The van der Waals surface area contributed by atoms with E-state index in [-0.39, 0.29) is 5.41 Å². The van der Waals surface area contributed by atoms with Crippen LogP contribution in [0, 0.1) is 5.41 Å². The molecule has 2 aromatic rings. The summed E-state index contributed by atoms with van der Waals surface area (Å²) in [5.74, 6) is 0. The van der Waals surface area contributed by atoms with Crippen LogP contribution in [0.2, 0.25) is 0 Å². The van der Waals surface area contributed by atoms with Gasteiger partial charge in [0.15, 0.2) is 0 Å². The second-order valence-electron chi connectivity index (χ2n) is 6.61. The van der Waals surface area contributed by atoms with Crippen molar-refractivity contribution in [2.24, 2.45) is 5.41 Å².